The minimum absolute atomic E-state index is 0.443. The van der Waals surface area contributed by atoms with Gasteiger partial charge < -0.3 is 5.32 Å². The van der Waals surface area contributed by atoms with Gasteiger partial charge in [0.15, 0.2) is 0 Å². The van der Waals surface area contributed by atoms with Crippen molar-refractivity contribution in [3.63, 3.8) is 0 Å². The summed E-state index contributed by atoms with van der Waals surface area (Å²) in [4.78, 5) is 0. The first-order valence-corrected chi connectivity index (χ1v) is 8.18. The Bertz CT molecular complexity index is 208. The van der Waals surface area contributed by atoms with Crippen LogP contribution in [0.3, 0.4) is 0 Å². The quantitative estimate of drug-likeness (QED) is 0.679. The van der Waals surface area contributed by atoms with Crippen LogP contribution in [0.2, 0.25) is 0 Å². The van der Waals surface area contributed by atoms with Crippen molar-refractivity contribution in [2.75, 3.05) is 6.54 Å². The molecule has 108 valence electrons. The van der Waals surface area contributed by atoms with E-state index in [1.54, 1.807) is 0 Å². The lowest BCUT2D eigenvalue weighted by Crippen LogP contribution is -2.39. The fourth-order valence-corrected chi connectivity index (χ4v) is 3.15. The van der Waals surface area contributed by atoms with Gasteiger partial charge >= 0.3 is 0 Å². The van der Waals surface area contributed by atoms with E-state index in [0.29, 0.717) is 5.41 Å². The third kappa shape index (κ3) is 5.30. The van der Waals surface area contributed by atoms with Crippen LogP contribution in [0.25, 0.3) is 0 Å². The predicted molar refractivity (Wildman–Crippen MR) is 81.9 cm³/mol. The Morgan fingerprint density at radius 1 is 1.06 bits per heavy atom. The maximum Gasteiger partial charge on any atom is 0.00979 e. The van der Waals surface area contributed by atoms with Crippen molar-refractivity contribution in [3.8, 4) is 0 Å². The van der Waals surface area contributed by atoms with Crippen LogP contribution in [0, 0.1) is 17.3 Å². The molecule has 18 heavy (non-hydrogen) atoms. The van der Waals surface area contributed by atoms with Crippen LogP contribution in [0.5, 0.6) is 0 Å². The highest BCUT2D eigenvalue weighted by molar-refractivity contribution is 4.83. The third-order valence-electron chi connectivity index (χ3n) is 5.02. The number of hydrogen-bond acceptors (Lipinski definition) is 1. The summed E-state index contributed by atoms with van der Waals surface area (Å²) in [7, 11) is 0. The fourth-order valence-electron chi connectivity index (χ4n) is 3.15. The molecule has 1 fully saturated rings. The van der Waals surface area contributed by atoms with Crippen LogP contribution >= 0.6 is 0 Å². The zero-order chi connectivity index (χ0) is 13.6. The first-order valence-electron chi connectivity index (χ1n) is 8.18. The zero-order valence-corrected chi connectivity index (χ0v) is 13.4. The maximum atomic E-state index is 3.78. The van der Waals surface area contributed by atoms with Gasteiger partial charge in [-0.1, -0.05) is 60.3 Å². The van der Waals surface area contributed by atoms with Gasteiger partial charge in [0.2, 0.25) is 0 Å². The van der Waals surface area contributed by atoms with E-state index < -0.39 is 0 Å². The molecule has 0 saturated heterocycles. The third-order valence-corrected chi connectivity index (χ3v) is 5.02. The van der Waals surface area contributed by atoms with Crippen LogP contribution < -0.4 is 5.32 Å². The largest absolute Gasteiger partial charge is 0.314 e. The number of hydrogen-bond donors (Lipinski definition) is 1. The van der Waals surface area contributed by atoms with Crippen molar-refractivity contribution >= 4 is 0 Å². The van der Waals surface area contributed by atoms with Crippen LogP contribution in [0.15, 0.2) is 0 Å². The normalized spacial score (nSPS) is 22.5. The Labute approximate surface area is 115 Å². The molecule has 0 amide bonds. The lowest BCUT2D eigenvalue weighted by molar-refractivity contribution is 0.190. The van der Waals surface area contributed by atoms with Gasteiger partial charge in [0, 0.05) is 6.04 Å². The van der Waals surface area contributed by atoms with E-state index in [2.05, 4.69) is 39.9 Å². The molecule has 0 aromatic rings. The van der Waals surface area contributed by atoms with Gasteiger partial charge in [-0.25, -0.2) is 0 Å². The van der Waals surface area contributed by atoms with E-state index >= 15 is 0 Å². The second-order valence-electron chi connectivity index (χ2n) is 7.42. The predicted octanol–water partition coefficient (Wildman–Crippen LogP) is 5.01. The Balaban J connectivity index is 2.57. The molecular weight excluding hydrogens is 218 g/mol. The highest BCUT2D eigenvalue weighted by Crippen LogP contribution is 2.34. The lowest BCUT2D eigenvalue weighted by Gasteiger charge is -2.34. The summed E-state index contributed by atoms with van der Waals surface area (Å²) < 4.78 is 0. The summed E-state index contributed by atoms with van der Waals surface area (Å²) in [5.41, 5.74) is 0.443. The first-order chi connectivity index (χ1) is 8.45. The van der Waals surface area contributed by atoms with Gasteiger partial charge in [0.05, 0.1) is 0 Å². The zero-order valence-electron chi connectivity index (χ0n) is 13.4. The van der Waals surface area contributed by atoms with E-state index in [9.17, 15) is 0 Å². The Hall–Kier alpha value is -0.0400. The smallest absolute Gasteiger partial charge is 0.00979 e. The van der Waals surface area contributed by atoms with Gasteiger partial charge in [-0.05, 0) is 43.1 Å². The molecule has 0 bridgehead atoms. The summed E-state index contributed by atoms with van der Waals surface area (Å²) in [5, 5.41) is 3.78. The van der Waals surface area contributed by atoms with Crippen LogP contribution in [-0.2, 0) is 0 Å². The van der Waals surface area contributed by atoms with E-state index in [-0.39, 0.29) is 0 Å². The first kappa shape index (κ1) is 16.0. The minimum atomic E-state index is 0.443. The molecule has 2 unspecified atom stereocenters. The monoisotopic (exact) mass is 253 g/mol. The lowest BCUT2D eigenvalue weighted by atomic mass is 9.75. The molecule has 1 saturated carbocycles. The Morgan fingerprint density at radius 2 is 1.61 bits per heavy atom. The summed E-state index contributed by atoms with van der Waals surface area (Å²) >= 11 is 0. The van der Waals surface area contributed by atoms with Gasteiger partial charge in [0.25, 0.3) is 0 Å². The molecule has 0 aromatic heterocycles. The molecule has 1 N–H and O–H groups in total. The van der Waals surface area contributed by atoms with Gasteiger partial charge in [0.1, 0.15) is 0 Å². The Kier molecular flexibility index (Phi) is 6.70. The van der Waals surface area contributed by atoms with E-state index in [1.165, 1.54) is 44.9 Å². The second kappa shape index (κ2) is 7.53. The van der Waals surface area contributed by atoms with E-state index in [1.807, 2.05) is 0 Å². The average Bonchev–Trinajstić information content (AvgIpc) is 2.55. The van der Waals surface area contributed by atoms with Crippen molar-refractivity contribution < 1.29 is 0 Å². The molecule has 1 heteroatoms. The van der Waals surface area contributed by atoms with Crippen LogP contribution in [0.1, 0.15) is 79.6 Å². The fraction of sp³-hybridized carbons (Fsp3) is 1.00. The van der Waals surface area contributed by atoms with Gasteiger partial charge in [-0.2, -0.15) is 0 Å². The summed E-state index contributed by atoms with van der Waals surface area (Å²) in [5.74, 6) is 1.72. The SMILES string of the molecule is CCNC(CC(C)C(C)(C)C)C1CCCCCC1. The number of rotatable bonds is 5. The molecule has 0 aromatic carbocycles. The molecule has 0 radical (unpaired) electrons. The Morgan fingerprint density at radius 3 is 2.06 bits per heavy atom. The average molecular weight is 253 g/mol. The van der Waals surface area contributed by atoms with Gasteiger partial charge in [-0.3, -0.25) is 0 Å². The molecule has 0 spiro atoms. The topological polar surface area (TPSA) is 12.0 Å². The molecular formula is C17H35N. The van der Waals surface area contributed by atoms with Crippen molar-refractivity contribution in [1.29, 1.82) is 0 Å². The van der Waals surface area contributed by atoms with E-state index in [0.717, 1.165) is 24.4 Å². The van der Waals surface area contributed by atoms with Crippen LogP contribution in [-0.4, -0.2) is 12.6 Å². The molecule has 0 heterocycles. The van der Waals surface area contributed by atoms with Crippen molar-refractivity contribution in [1.82, 2.24) is 5.32 Å². The van der Waals surface area contributed by atoms with E-state index in [4.69, 9.17) is 0 Å². The molecule has 2 atom stereocenters. The number of nitrogens with one attached hydrogen (secondary N) is 1. The van der Waals surface area contributed by atoms with Crippen molar-refractivity contribution in [3.05, 3.63) is 0 Å². The molecule has 0 aliphatic heterocycles. The maximum absolute atomic E-state index is 3.78. The highest BCUT2D eigenvalue weighted by atomic mass is 14.9. The standard InChI is InChI=1S/C17H35N/c1-6-18-16(13-14(2)17(3,4)5)15-11-9-7-8-10-12-15/h14-16,18H,6-13H2,1-5H3. The molecule has 1 nitrogen and oxygen atoms in total. The van der Waals surface area contributed by atoms with Crippen molar-refractivity contribution in [2.45, 2.75) is 85.6 Å². The molecule has 1 aliphatic rings. The van der Waals surface area contributed by atoms with Gasteiger partial charge in [-0.15, -0.1) is 0 Å². The molecule has 1 aliphatic carbocycles. The van der Waals surface area contributed by atoms with Crippen molar-refractivity contribution in [2.24, 2.45) is 17.3 Å². The highest BCUT2D eigenvalue weighted by Gasteiger charge is 2.28. The second-order valence-corrected chi connectivity index (χ2v) is 7.42. The molecule has 1 rings (SSSR count). The summed E-state index contributed by atoms with van der Waals surface area (Å²) in [6.45, 7) is 13.0. The summed E-state index contributed by atoms with van der Waals surface area (Å²) in [6, 6.07) is 0.752. The van der Waals surface area contributed by atoms with Crippen LogP contribution in [0.4, 0.5) is 0 Å². The summed E-state index contributed by atoms with van der Waals surface area (Å²) in [6.07, 6.45) is 10.1. The minimum Gasteiger partial charge on any atom is -0.314 e.